The van der Waals surface area contributed by atoms with Crippen LogP contribution in [0.3, 0.4) is 0 Å². The van der Waals surface area contributed by atoms with Crippen LogP contribution in [-0.2, 0) is 24.2 Å². The minimum atomic E-state index is -0.0562. The third-order valence-corrected chi connectivity index (χ3v) is 6.63. The Morgan fingerprint density at radius 2 is 1.89 bits per heavy atom. The van der Waals surface area contributed by atoms with E-state index in [1.54, 1.807) is 7.11 Å². The fourth-order valence-corrected chi connectivity index (χ4v) is 4.51. The van der Waals surface area contributed by atoms with Crippen molar-refractivity contribution in [2.45, 2.75) is 52.7 Å². The van der Waals surface area contributed by atoms with Gasteiger partial charge in [-0.25, -0.2) is 4.68 Å². The molecule has 0 amide bonds. The molecule has 0 aliphatic rings. The summed E-state index contributed by atoms with van der Waals surface area (Å²) in [7, 11) is 1.67. The van der Waals surface area contributed by atoms with Gasteiger partial charge in [-0.15, -0.1) is 5.10 Å². The Bertz CT molecular complexity index is 1310. The van der Waals surface area contributed by atoms with Crippen LogP contribution < -0.4 is 5.56 Å². The van der Waals surface area contributed by atoms with Gasteiger partial charge in [0.1, 0.15) is 0 Å². The quantitative estimate of drug-likeness (QED) is 0.354. The van der Waals surface area contributed by atoms with E-state index < -0.39 is 0 Å². The Balaban J connectivity index is 1.68. The van der Waals surface area contributed by atoms with Crippen LogP contribution in [0.15, 0.2) is 53.3 Å². The molecule has 4 aromatic rings. The maximum atomic E-state index is 13.1. The number of tetrazole rings is 1. The molecule has 0 bridgehead atoms. The molecular weight excluding hydrogens is 440 g/mol. The topological polar surface area (TPSA) is 88.9 Å². The molecule has 35 heavy (non-hydrogen) atoms. The normalized spacial score (nSPS) is 12.5. The third-order valence-electron chi connectivity index (χ3n) is 6.63. The minimum Gasteiger partial charge on any atom is -0.383 e. The Morgan fingerprint density at radius 3 is 2.63 bits per heavy atom. The highest BCUT2D eigenvalue weighted by Gasteiger charge is 2.25. The van der Waals surface area contributed by atoms with Gasteiger partial charge in [-0.2, -0.15) is 0 Å². The van der Waals surface area contributed by atoms with Crippen LogP contribution in [0.2, 0.25) is 0 Å². The van der Waals surface area contributed by atoms with Gasteiger partial charge in [0.05, 0.1) is 19.2 Å². The van der Waals surface area contributed by atoms with Gasteiger partial charge in [0.2, 0.25) is 0 Å². The third kappa shape index (κ3) is 5.83. The van der Waals surface area contributed by atoms with Crippen LogP contribution >= 0.6 is 0 Å². The smallest absolute Gasteiger partial charge is 0.252 e. The second-order valence-electron chi connectivity index (χ2n) is 9.03. The molecule has 0 fully saturated rings. The molecule has 4 rings (SSSR count). The molecule has 8 heteroatoms. The van der Waals surface area contributed by atoms with Gasteiger partial charge >= 0.3 is 0 Å². The molecule has 0 aliphatic carbocycles. The lowest BCUT2D eigenvalue weighted by atomic mass is 10.0. The van der Waals surface area contributed by atoms with Gasteiger partial charge in [-0.3, -0.25) is 9.69 Å². The van der Waals surface area contributed by atoms with Gasteiger partial charge in [-0.1, -0.05) is 37.3 Å². The molecule has 1 unspecified atom stereocenters. The maximum Gasteiger partial charge on any atom is 0.252 e. The van der Waals surface area contributed by atoms with Crippen molar-refractivity contribution < 1.29 is 4.74 Å². The molecule has 2 heterocycles. The van der Waals surface area contributed by atoms with Crippen LogP contribution in [0.25, 0.3) is 10.9 Å². The van der Waals surface area contributed by atoms with E-state index >= 15 is 0 Å². The van der Waals surface area contributed by atoms with E-state index in [9.17, 15) is 4.79 Å². The number of fused-ring (bicyclic) bond motifs is 1. The van der Waals surface area contributed by atoms with E-state index in [0.29, 0.717) is 19.7 Å². The number of rotatable bonds is 11. The van der Waals surface area contributed by atoms with Gasteiger partial charge in [-0.05, 0) is 77.4 Å². The molecule has 2 aromatic carbocycles. The molecule has 0 spiro atoms. The number of aromatic amines is 1. The summed E-state index contributed by atoms with van der Waals surface area (Å²) >= 11 is 0. The van der Waals surface area contributed by atoms with Gasteiger partial charge in [0, 0.05) is 31.3 Å². The number of nitrogens with zero attached hydrogens (tertiary/aromatic N) is 5. The first-order valence-electron chi connectivity index (χ1n) is 12.2. The number of pyridine rings is 1. The van der Waals surface area contributed by atoms with Crippen molar-refractivity contribution in [2.24, 2.45) is 0 Å². The highest BCUT2D eigenvalue weighted by atomic mass is 16.5. The lowest BCUT2D eigenvalue weighted by Gasteiger charge is -2.30. The summed E-state index contributed by atoms with van der Waals surface area (Å²) in [6.45, 7) is 8.67. The molecular formula is C27H34N6O2. The highest BCUT2D eigenvalue weighted by Crippen LogP contribution is 2.25. The number of benzene rings is 2. The number of ether oxygens (including phenoxy) is 1. The highest BCUT2D eigenvalue weighted by molar-refractivity contribution is 5.80. The van der Waals surface area contributed by atoms with Gasteiger partial charge in [0.25, 0.3) is 5.56 Å². The fraction of sp³-hybridized carbons (Fsp3) is 0.407. The van der Waals surface area contributed by atoms with Crippen molar-refractivity contribution in [1.29, 1.82) is 0 Å². The molecule has 184 valence electrons. The summed E-state index contributed by atoms with van der Waals surface area (Å²) in [6, 6.07) is 16.6. The first kappa shape index (κ1) is 24.8. The van der Waals surface area contributed by atoms with Crippen molar-refractivity contribution in [3.8, 4) is 0 Å². The number of hydrogen-bond acceptors (Lipinski definition) is 6. The van der Waals surface area contributed by atoms with Crippen molar-refractivity contribution >= 4 is 10.9 Å². The van der Waals surface area contributed by atoms with E-state index in [1.165, 1.54) is 16.7 Å². The number of H-pyrrole nitrogens is 1. The lowest BCUT2D eigenvalue weighted by Crippen LogP contribution is -2.34. The molecule has 0 saturated heterocycles. The van der Waals surface area contributed by atoms with Crippen molar-refractivity contribution in [3.63, 3.8) is 0 Å². The predicted molar refractivity (Wildman–Crippen MR) is 137 cm³/mol. The van der Waals surface area contributed by atoms with E-state index in [0.717, 1.165) is 41.7 Å². The number of methoxy groups -OCH3 is 1. The van der Waals surface area contributed by atoms with Crippen LogP contribution in [0.4, 0.5) is 0 Å². The summed E-state index contributed by atoms with van der Waals surface area (Å²) in [6.07, 6.45) is 1.67. The zero-order valence-electron chi connectivity index (χ0n) is 21.0. The molecule has 0 aliphatic heterocycles. The average molecular weight is 475 g/mol. The average Bonchev–Trinajstić information content (AvgIpc) is 3.32. The SMILES string of the molecule is CCC(c1nnnn1CCOC)N(CCc1ccccc1)Cc1cc2cc(C)c(C)cc2[nH]c1=O. The summed E-state index contributed by atoms with van der Waals surface area (Å²) in [5.41, 5.74) is 5.18. The minimum absolute atomic E-state index is 0.0413. The van der Waals surface area contributed by atoms with Crippen molar-refractivity contribution in [1.82, 2.24) is 30.1 Å². The second kappa shape index (κ2) is 11.4. The van der Waals surface area contributed by atoms with Crippen LogP contribution in [-0.4, -0.2) is 50.4 Å². The van der Waals surface area contributed by atoms with Crippen molar-refractivity contribution in [3.05, 3.63) is 87.0 Å². The number of hydrogen-bond donors (Lipinski definition) is 1. The van der Waals surface area contributed by atoms with Crippen molar-refractivity contribution in [2.75, 3.05) is 20.3 Å². The molecule has 0 radical (unpaired) electrons. The van der Waals surface area contributed by atoms with Crippen LogP contribution in [0.5, 0.6) is 0 Å². The lowest BCUT2D eigenvalue weighted by molar-refractivity contribution is 0.158. The Kier molecular flexibility index (Phi) is 8.05. The monoisotopic (exact) mass is 474 g/mol. The maximum absolute atomic E-state index is 13.1. The van der Waals surface area contributed by atoms with Crippen LogP contribution in [0, 0.1) is 13.8 Å². The number of nitrogens with one attached hydrogen (secondary N) is 1. The molecule has 0 saturated carbocycles. The van der Waals surface area contributed by atoms with E-state index in [4.69, 9.17) is 4.74 Å². The second-order valence-corrected chi connectivity index (χ2v) is 9.03. The van der Waals surface area contributed by atoms with Gasteiger partial charge in [0.15, 0.2) is 5.82 Å². The Labute approximate surface area is 205 Å². The Morgan fingerprint density at radius 1 is 1.11 bits per heavy atom. The summed E-state index contributed by atoms with van der Waals surface area (Å²) in [4.78, 5) is 18.5. The van der Waals surface area contributed by atoms with E-state index in [1.807, 2.05) is 22.9 Å². The van der Waals surface area contributed by atoms with E-state index in [-0.39, 0.29) is 11.6 Å². The molecule has 1 atom stereocenters. The predicted octanol–water partition coefficient (Wildman–Crippen LogP) is 3.97. The van der Waals surface area contributed by atoms with Gasteiger partial charge < -0.3 is 9.72 Å². The number of aromatic nitrogens is 5. The molecule has 8 nitrogen and oxygen atoms in total. The number of aryl methyl sites for hydroxylation is 2. The largest absolute Gasteiger partial charge is 0.383 e. The Hall–Kier alpha value is -3.36. The molecule has 1 N–H and O–H groups in total. The summed E-state index contributed by atoms with van der Waals surface area (Å²) in [5.74, 6) is 0.793. The summed E-state index contributed by atoms with van der Waals surface area (Å²) < 4.78 is 7.05. The van der Waals surface area contributed by atoms with E-state index in [2.05, 4.69) is 76.5 Å². The zero-order valence-corrected chi connectivity index (χ0v) is 21.0. The fourth-order valence-electron chi connectivity index (χ4n) is 4.51. The summed E-state index contributed by atoms with van der Waals surface area (Å²) in [5, 5.41) is 13.5. The first-order valence-corrected chi connectivity index (χ1v) is 12.2. The molecule has 2 aromatic heterocycles. The van der Waals surface area contributed by atoms with Crippen LogP contribution in [0.1, 0.15) is 47.5 Å². The first-order chi connectivity index (χ1) is 17.0. The zero-order chi connectivity index (χ0) is 24.8. The standard InChI is InChI=1S/C27H34N6O2/c1-5-25(26-29-30-31-33(26)13-14-35-4)32(12-11-21-9-7-6-8-10-21)18-23-17-22-15-19(2)20(3)16-24(22)28-27(23)34/h6-10,15-17,25H,5,11-14,18H2,1-4H3,(H,28,34).